The molecule has 1 saturated heterocycles. The Morgan fingerprint density at radius 2 is 2.21 bits per heavy atom. The van der Waals surface area contributed by atoms with Crippen LogP contribution in [-0.4, -0.2) is 25.2 Å². The lowest BCUT2D eigenvalue weighted by molar-refractivity contribution is -0.117. The Bertz CT molecular complexity index is 385. The Kier molecular flexibility index (Phi) is 1.61. The topological polar surface area (TPSA) is 32.8 Å². The Morgan fingerprint density at radius 3 is 3.00 bits per heavy atom. The number of amides is 1. The van der Waals surface area contributed by atoms with E-state index in [1.807, 2.05) is 29.2 Å². The van der Waals surface area contributed by atoms with Crippen LogP contribution in [0.1, 0.15) is 5.56 Å². The Labute approximate surface area is 82.3 Å². The van der Waals surface area contributed by atoms with Gasteiger partial charge >= 0.3 is 0 Å². The van der Waals surface area contributed by atoms with Crippen molar-refractivity contribution in [1.82, 2.24) is 0 Å². The van der Waals surface area contributed by atoms with Gasteiger partial charge in [-0.15, -0.1) is 0 Å². The third kappa shape index (κ3) is 1.21. The molecule has 0 bridgehead atoms. The highest BCUT2D eigenvalue weighted by Crippen LogP contribution is 2.29. The molecule has 14 heavy (non-hydrogen) atoms. The normalized spacial score (nSPS) is 23.9. The highest BCUT2D eigenvalue weighted by Gasteiger charge is 2.33. The van der Waals surface area contributed by atoms with Gasteiger partial charge < -0.3 is 9.64 Å². The van der Waals surface area contributed by atoms with Crippen LogP contribution < -0.4 is 4.90 Å². The number of ether oxygens (including phenoxy) is 1. The van der Waals surface area contributed by atoms with Crippen molar-refractivity contribution in [3.8, 4) is 0 Å². The summed E-state index contributed by atoms with van der Waals surface area (Å²) in [5, 5.41) is 0. The summed E-state index contributed by atoms with van der Waals surface area (Å²) in [7, 11) is 0. The number of hydrogen-bond donors (Lipinski definition) is 0. The van der Waals surface area contributed by atoms with E-state index >= 15 is 0 Å². The molecule has 2 aliphatic rings. The lowest BCUT2D eigenvalue weighted by Gasteiger charge is -2.15. The van der Waals surface area contributed by atoms with E-state index in [-0.39, 0.29) is 12.0 Å². The van der Waals surface area contributed by atoms with E-state index in [4.69, 9.17) is 4.74 Å². The lowest BCUT2D eigenvalue weighted by Crippen LogP contribution is -2.30. The van der Waals surface area contributed by atoms with Crippen LogP contribution in [0.3, 0.4) is 0 Å². The van der Waals surface area contributed by atoms with Crippen LogP contribution in [0.25, 0.3) is 0 Å². The SMILES string of the molecule is O=C1Cc2ccccc2N1CC1CO1. The highest BCUT2D eigenvalue weighted by atomic mass is 16.6. The molecule has 2 aliphatic heterocycles. The van der Waals surface area contributed by atoms with Gasteiger partial charge in [0.25, 0.3) is 0 Å². The molecule has 0 saturated carbocycles. The number of anilines is 1. The number of epoxide rings is 1. The van der Waals surface area contributed by atoms with E-state index in [1.54, 1.807) is 0 Å². The first kappa shape index (κ1) is 8.00. The van der Waals surface area contributed by atoms with E-state index in [2.05, 4.69) is 0 Å². The molecule has 1 fully saturated rings. The fourth-order valence-corrected chi connectivity index (χ4v) is 1.89. The maximum absolute atomic E-state index is 11.7. The molecule has 3 heteroatoms. The molecule has 3 rings (SSSR count). The fourth-order valence-electron chi connectivity index (χ4n) is 1.89. The van der Waals surface area contributed by atoms with E-state index in [1.165, 1.54) is 0 Å². The van der Waals surface area contributed by atoms with Gasteiger partial charge in [0.2, 0.25) is 5.91 Å². The van der Waals surface area contributed by atoms with Crippen LogP contribution in [-0.2, 0) is 16.0 Å². The van der Waals surface area contributed by atoms with E-state index in [9.17, 15) is 4.79 Å². The van der Waals surface area contributed by atoms with Gasteiger partial charge in [0.1, 0.15) is 0 Å². The number of nitrogens with zero attached hydrogens (tertiary/aromatic N) is 1. The molecular weight excluding hydrogens is 178 g/mol. The van der Waals surface area contributed by atoms with Gasteiger partial charge in [0.05, 0.1) is 25.7 Å². The van der Waals surface area contributed by atoms with Crippen LogP contribution in [0, 0.1) is 0 Å². The zero-order valence-corrected chi connectivity index (χ0v) is 7.77. The summed E-state index contributed by atoms with van der Waals surface area (Å²) in [6.45, 7) is 1.52. The van der Waals surface area contributed by atoms with Gasteiger partial charge in [0.15, 0.2) is 0 Å². The van der Waals surface area contributed by atoms with Crippen molar-refractivity contribution < 1.29 is 9.53 Å². The van der Waals surface area contributed by atoms with Crippen LogP contribution >= 0.6 is 0 Å². The minimum absolute atomic E-state index is 0.196. The minimum atomic E-state index is 0.196. The number of hydrogen-bond acceptors (Lipinski definition) is 2. The highest BCUT2D eigenvalue weighted by molar-refractivity contribution is 6.01. The van der Waals surface area contributed by atoms with Crippen molar-refractivity contribution in [2.24, 2.45) is 0 Å². The zero-order valence-electron chi connectivity index (χ0n) is 7.77. The molecular formula is C11H11NO2. The summed E-state index contributed by atoms with van der Waals surface area (Å²) in [5.74, 6) is 0.196. The van der Waals surface area contributed by atoms with Gasteiger partial charge in [-0.2, -0.15) is 0 Å². The van der Waals surface area contributed by atoms with E-state index in [0.717, 1.165) is 24.4 Å². The minimum Gasteiger partial charge on any atom is -0.371 e. The standard InChI is InChI=1S/C11H11NO2/c13-11-5-8-3-1-2-4-10(8)12(11)6-9-7-14-9/h1-4,9H,5-7H2. The van der Waals surface area contributed by atoms with Crippen molar-refractivity contribution >= 4 is 11.6 Å². The number of carbonyl (C=O) groups excluding carboxylic acids is 1. The zero-order chi connectivity index (χ0) is 9.54. The van der Waals surface area contributed by atoms with E-state index in [0.29, 0.717) is 6.42 Å². The molecule has 0 aromatic heterocycles. The third-order valence-electron chi connectivity index (χ3n) is 2.71. The van der Waals surface area contributed by atoms with Gasteiger partial charge in [-0.1, -0.05) is 18.2 Å². The van der Waals surface area contributed by atoms with Crippen LogP contribution in [0.5, 0.6) is 0 Å². The Morgan fingerprint density at radius 1 is 1.43 bits per heavy atom. The molecule has 0 radical (unpaired) electrons. The summed E-state index contributed by atoms with van der Waals surface area (Å²) < 4.78 is 5.14. The smallest absolute Gasteiger partial charge is 0.231 e. The summed E-state index contributed by atoms with van der Waals surface area (Å²) in [6, 6.07) is 7.96. The van der Waals surface area contributed by atoms with Crippen LogP contribution in [0.2, 0.25) is 0 Å². The molecule has 1 amide bonds. The number of rotatable bonds is 2. The summed E-state index contributed by atoms with van der Waals surface area (Å²) in [5.41, 5.74) is 2.20. The number of fused-ring (bicyclic) bond motifs is 1. The molecule has 2 heterocycles. The molecule has 0 spiro atoms. The van der Waals surface area contributed by atoms with Gasteiger partial charge in [-0.3, -0.25) is 4.79 Å². The Balaban J connectivity index is 1.92. The predicted molar refractivity (Wildman–Crippen MR) is 52.2 cm³/mol. The number of para-hydroxylation sites is 1. The average molecular weight is 189 g/mol. The maximum atomic E-state index is 11.7. The molecule has 0 aliphatic carbocycles. The number of carbonyl (C=O) groups is 1. The van der Waals surface area contributed by atoms with Crippen molar-refractivity contribution in [2.45, 2.75) is 12.5 Å². The molecule has 1 atom stereocenters. The quantitative estimate of drug-likeness (QED) is 0.649. The van der Waals surface area contributed by atoms with Crippen molar-refractivity contribution in [1.29, 1.82) is 0 Å². The average Bonchev–Trinajstić information content (AvgIpc) is 2.93. The largest absolute Gasteiger partial charge is 0.371 e. The molecule has 3 nitrogen and oxygen atoms in total. The van der Waals surface area contributed by atoms with Gasteiger partial charge in [-0.25, -0.2) is 0 Å². The van der Waals surface area contributed by atoms with Crippen LogP contribution in [0.4, 0.5) is 5.69 Å². The second-order valence-electron chi connectivity index (χ2n) is 3.77. The summed E-state index contributed by atoms with van der Waals surface area (Å²) in [6.07, 6.45) is 0.813. The number of benzene rings is 1. The monoisotopic (exact) mass is 189 g/mol. The molecule has 1 aromatic carbocycles. The Hall–Kier alpha value is -1.35. The molecule has 1 aromatic rings. The second kappa shape index (κ2) is 2.82. The molecule has 72 valence electrons. The van der Waals surface area contributed by atoms with Crippen molar-refractivity contribution in [2.75, 3.05) is 18.1 Å². The first-order valence-corrected chi connectivity index (χ1v) is 4.84. The fraction of sp³-hybridized carbons (Fsp3) is 0.364. The van der Waals surface area contributed by atoms with Crippen molar-refractivity contribution in [3.05, 3.63) is 29.8 Å². The first-order chi connectivity index (χ1) is 6.84. The van der Waals surface area contributed by atoms with Gasteiger partial charge in [0, 0.05) is 5.69 Å². The summed E-state index contributed by atoms with van der Waals surface area (Å²) >= 11 is 0. The van der Waals surface area contributed by atoms with Gasteiger partial charge in [-0.05, 0) is 11.6 Å². The molecule has 1 unspecified atom stereocenters. The summed E-state index contributed by atoms with van der Waals surface area (Å²) in [4.78, 5) is 13.5. The predicted octanol–water partition coefficient (Wildman–Crippen LogP) is 0.975. The van der Waals surface area contributed by atoms with Crippen LogP contribution in [0.15, 0.2) is 24.3 Å². The second-order valence-corrected chi connectivity index (χ2v) is 3.77. The lowest BCUT2D eigenvalue weighted by atomic mass is 10.2. The maximum Gasteiger partial charge on any atom is 0.231 e. The third-order valence-corrected chi connectivity index (χ3v) is 2.71. The van der Waals surface area contributed by atoms with E-state index < -0.39 is 0 Å². The first-order valence-electron chi connectivity index (χ1n) is 4.84. The molecule has 0 N–H and O–H groups in total. The van der Waals surface area contributed by atoms with Crippen molar-refractivity contribution in [3.63, 3.8) is 0 Å².